The zero-order valence-corrected chi connectivity index (χ0v) is 23.0. The molecule has 0 bridgehead atoms. The fraction of sp³-hybridized carbons (Fsp3) is 0.188. The van der Waals surface area contributed by atoms with E-state index in [0.29, 0.717) is 36.4 Å². The Morgan fingerprint density at radius 1 is 1.10 bits per heavy atom. The number of hydrogen-bond donors (Lipinski definition) is 4. The highest BCUT2D eigenvalue weighted by molar-refractivity contribution is 7.10. The molecule has 0 saturated carbocycles. The molecule has 0 aliphatic heterocycles. The van der Waals surface area contributed by atoms with E-state index in [4.69, 9.17) is 11.1 Å². The molecule has 7 heteroatoms. The van der Waals surface area contributed by atoms with Crippen LogP contribution in [0.5, 0.6) is 0 Å². The number of aliphatic hydroxyl groups excluding tert-OH is 1. The Kier molecular flexibility index (Phi) is 9.44. The maximum atomic E-state index is 12.5. The van der Waals surface area contributed by atoms with Gasteiger partial charge in [-0.2, -0.15) is 0 Å². The fourth-order valence-electron chi connectivity index (χ4n) is 4.38. The summed E-state index contributed by atoms with van der Waals surface area (Å²) in [6.07, 6.45) is 3.37. The summed E-state index contributed by atoms with van der Waals surface area (Å²) in [4.78, 5) is 15.6. The number of nitrogens with two attached hydrogens (primary N) is 1. The van der Waals surface area contributed by atoms with Crippen LogP contribution in [0.2, 0.25) is 0 Å². The minimum absolute atomic E-state index is 0.101. The predicted molar refractivity (Wildman–Crippen MR) is 162 cm³/mol. The van der Waals surface area contributed by atoms with Gasteiger partial charge in [-0.05, 0) is 65.9 Å². The van der Waals surface area contributed by atoms with Crippen molar-refractivity contribution < 1.29 is 9.90 Å². The summed E-state index contributed by atoms with van der Waals surface area (Å²) in [5.41, 5.74) is 12.0. The number of aryl methyl sites for hydroxylation is 1. The van der Waals surface area contributed by atoms with Crippen molar-refractivity contribution in [3.8, 4) is 0 Å². The largest absolute Gasteiger partial charge is 0.398 e. The van der Waals surface area contributed by atoms with Crippen LogP contribution in [0, 0.1) is 12.3 Å². The first-order valence-electron chi connectivity index (χ1n) is 12.8. The zero-order chi connectivity index (χ0) is 27.8. The molecule has 0 radical (unpaired) electrons. The predicted octanol–water partition coefficient (Wildman–Crippen LogP) is 6.07. The van der Waals surface area contributed by atoms with Gasteiger partial charge in [-0.1, -0.05) is 66.7 Å². The quantitative estimate of drug-likeness (QED) is 0.138. The van der Waals surface area contributed by atoms with Crippen LogP contribution >= 0.6 is 11.3 Å². The Labute approximate surface area is 233 Å². The third-order valence-corrected chi connectivity index (χ3v) is 7.27. The van der Waals surface area contributed by atoms with Gasteiger partial charge in [-0.3, -0.25) is 9.69 Å². The highest BCUT2D eigenvalue weighted by atomic mass is 32.1. The number of aliphatic hydroxyl groups is 1. The smallest absolute Gasteiger partial charge is 0.229 e. The molecule has 1 aromatic heterocycles. The van der Waals surface area contributed by atoms with Crippen molar-refractivity contribution in [2.75, 3.05) is 24.6 Å². The number of benzene rings is 3. The van der Waals surface area contributed by atoms with E-state index in [9.17, 15) is 9.90 Å². The van der Waals surface area contributed by atoms with Crippen molar-refractivity contribution in [3.63, 3.8) is 0 Å². The molecule has 6 nitrogen and oxygen atoms in total. The van der Waals surface area contributed by atoms with Crippen LogP contribution in [0.4, 0.5) is 11.4 Å². The first-order valence-corrected chi connectivity index (χ1v) is 13.7. The molecule has 1 atom stereocenters. The van der Waals surface area contributed by atoms with E-state index < -0.39 is 6.10 Å². The molecule has 1 heterocycles. The maximum Gasteiger partial charge on any atom is 0.229 e. The number of hydrogen-bond acceptors (Lipinski definition) is 6. The molecule has 200 valence electrons. The fourth-order valence-corrected chi connectivity index (χ4v) is 5.08. The second kappa shape index (κ2) is 13.2. The van der Waals surface area contributed by atoms with E-state index >= 15 is 0 Å². The summed E-state index contributed by atoms with van der Waals surface area (Å²) in [5, 5.41) is 24.1. The molecule has 0 aliphatic rings. The SMILES string of the molecule is Cc1cc(N)c(C(=N)/C=C/c2cccc(CN(C)CC(O)c3ccccc3)c2)cc1NC(=O)Cc1cccs1. The van der Waals surface area contributed by atoms with Gasteiger partial charge < -0.3 is 21.6 Å². The van der Waals surface area contributed by atoms with Gasteiger partial charge in [0.15, 0.2) is 0 Å². The first-order chi connectivity index (χ1) is 18.8. The van der Waals surface area contributed by atoms with Crippen molar-refractivity contribution in [2.45, 2.75) is 26.0 Å². The molecule has 4 aromatic rings. The molecule has 4 rings (SSSR count). The Morgan fingerprint density at radius 3 is 2.64 bits per heavy atom. The second-order valence-electron chi connectivity index (χ2n) is 9.67. The van der Waals surface area contributed by atoms with Crippen LogP contribution in [-0.4, -0.2) is 35.2 Å². The van der Waals surface area contributed by atoms with Crippen molar-refractivity contribution in [2.24, 2.45) is 0 Å². The highest BCUT2D eigenvalue weighted by Gasteiger charge is 2.13. The van der Waals surface area contributed by atoms with E-state index in [1.54, 1.807) is 29.5 Å². The third kappa shape index (κ3) is 7.97. The third-order valence-electron chi connectivity index (χ3n) is 6.39. The number of thiophene rings is 1. The molecular weight excluding hydrogens is 504 g/mol. The van der Waals surface area contributed by atoms with Crippen LogP contribution in [0.25, 0.3) is 6.08 Å². The number of nitrogen functional groups attached to an aromatic ring is 1. The Balaban J connectivity index is 1.40. The molecule has 1 unspecified atom stereocenters. The molecule has 1 amide bonds. The van der Waals surface area contributed by atoms with Crippen molar-refractivity contribution in [3.05, 3.63) is 123 Å². The number of nitrogens with one attached hydrogen (secondary N) is 2. The standard InChI is InChI=1S/C32H34N4O2S/c1-22-16-29(34)27(19-30(22)35-32(38)18-26-12-7-15-39-26)28(33)14-13-23-8-6-9-24(17-23)20-36(2)21-31(37)25-10-4-3-5-11-25/h3-17,19,31,33,37H,18,20-21,34H2,1-2H3,(H,35,38)/b14-13+,33-28?. The number of nitrogens with zero attached hydrogens (tertiary/aromatic N) is 1. The summed E-state index contributed by atoms with van der Waals surface area (Å²) in [6.45, 7) is 3.10. The van der Waals surface area contributed by atoms with Gasteiger partial charge in [-0.25, -0.2) is 0 Å². The number of rotatable bonds is 11. The maximum absolute atomic E-state index is 12.5. The number of carbonyl (C=O) groups is 1. The lowest BCUT2D eigenvalue weighted by Crippen LogP contribution is -2.24. The van der Waals surface area contributed by atoms with Crippen LogP contribution < -0.4 is 11.1 Å². The number of anilines is 2. The normalized spacial score (nSPS) is 12.1. The van der Waals surface area contributed by atoms with Crippen molar-refractivity contribution in [1.29, 1.82) is 5.41 Å². The molecule has 0 aliphatic carbocycles. The van der Waals surface area contributed by atoms with E-state index in [0.717, 1.165) is 27.1 Å². The van der Waals surface area contributed by atoms with Crippen LogP contribution in [-0.2, 0) is 17.8 Å². The summed E-state index contributed by atoms with van der Waals surface area (Å²) >= 11 is 1.55. The van der Waals surface area contributed by atoms with E-state index in [2.05, 4.69) is 22.3 Å². The van der Waals surface area contributed by atoms with Crippen LogP contribution in [0.15, 0.2) is 90.3 Å². The lowest BCUT2D eigenvalue weighted by atomic mass is 10.0. The van der Waals surface area contributed by atoms with Gasteiger partial charge in [0.05, 0.1) is 18.2 Å². The minimum atomic E-state index is -0.551. The Morgan fingerprint density at radius 2 is 1.90 bits per heavy atom. The van der Waals surface area contributed by atoms with Gasteiger partial charge >= 0.3 is 0 Å². The lowest BCUT2D eigenvalue weighted by molar-refractivity contribution is -0.115. The van der Waals surface area contributed by atoms with Gasteiger partial charge in [0.1, 0.15) is 0 Å². The van der Waals surface area contributed by atoms with Crippen LogP contribution in [0.3, 0.4) is 0 Å². The van der Waals surface area contributed by atoms with Crippen molar-refractivity contribution >= 4 is 40.4 Å². The number of likely N-dealkylation sites (N-methyl/N-ethyl adjacent to an activating group) is 1. The summed E-state index contributed by atoms with van der Waals surface area (Å²) < 4.78 is 0. The van der Waals surface area contributed by atoms with Gasteiger partial charge in [-0.15, -0.1) is 11.3 Å². The van der Waals surface area contributed by atoms with E-state index in [1.807, 2.05) is 80.0 Å². The first kappa shape index (κ1) is 28.0. The van der Waals surface area contributed by atoms with Crippen molar-refractivity contribution in [1.82, 2.24) is 4.90 Å². The summed E-state index contributed by atoms with van der Waals surface area (Å²) in [7, 11) is 1.99. The summed E-state index contributed by atoms with van der Waals surface area (Å²) in [6, 6.07) is 25.2. The average molecular weight is 539 g/mol. The zero-order valence-electron chi connectivity index (χ0n) is 22.2. The molecule has 0 spiro atoms. The molecule has 3 aromatic carbocycles. The summed E-state index contributed by atoms with van der Waals surface area (Å²) in [5.74, 6) is -0.101. The van der Waals surface area contributed by atoms with Gasteiger partial charge in [0, 0.05) is 34.9 Å². The second-order valence-corrected chi connectivity index (χ2v) is 10.7. The van der Waals surface area contributed by atoms with E-state index in [1.165, 1.54) is 0 Å². The Hall–Kier alpha value is -4.04. The van der Waals surface area contributed by atoms with Gasteiger partial charge in [0.2, 0.25) is 5.91 Å². The minimum Gasteiger partial charge on any atom is -0.398 e. The average Bonchev–Trinajstić information content (AvgIpc) is 3.42. The topological polar surface area (TPSA) is 102 Å². The number of allylic oxidation sites excluding steroid dienone is 1. The molecule has 5 N–H and O–H groups in total. The molecule has 39 heavy (non-hydrogen) atoms. The lowest BCUT2D eigenvalue weighted by Gasteiger charge is -2.21. The molecule has 0 fully saturated rings. The monoisotopic (exact) mass is 538 g/mol. The van der Waals surface area contributed by atoms with Gasteiger partial charge in [0.25, 0.3) is 0 Å². The molecular formula is C32H34N4O2S. The molecule has 0 saturated heterocycles. The van der Waals surface area contributed by atoms with Crippen LogP contribution in [0.1, 0.15) is 38.8 Å². The Bertz CT molecular complexity index is 1450. The van der Waals surface area contributed by atoms with E-state index in [-0.39, 0.29) is 11.6 Å². The highest BCUT2D eigenvalue weighted by Crippen LogP contribution is 2.25. The number of amides is 1. The number of carbonyl (C=O) groups excluding carboxylic acids is 1.